The van der Waals surface area contributed by atoms with E-state index in [0.717, 1.165) is 25.9 Å². The zero-order valence-corrected chi connectivity index (χ0v) is 12.1. The van der Waals surface area contributed by atoms with Crippen molar-refractivity contribution in [3.63, 3.8) is 0 Å². The summed E-state index contributed by atoms with van der Waals surface area (Å²) in [4.78, 5) is 0. The molecule has 2 heteroatoms. The van der Waals surface area contributed by atoms with Crippen LogP contribution in [0.1, 0.15) is 44.7 Å². The van der Waals surface area contributed by atoms with E-state index in [2.05, 4.69) is 50.4 Å². The quantitative estimate of drug-likeness (QED) is 0.742. The first-order valence-electron chi connectivity index (χ1n) is 7.10. The van der Waals surface area contributed by atoms with Crippen LogP contribution in [0.5, 0.6) is 0 Å². The van der Waals surface area contributed by atoms with Crippen LogP contribution < -0.4 is 11.1 Å². The fourth-order valence-electron chi connectivity index (χ4n) is 2.16. The van der Waals surface area contributed by atoms with Crippen molar-refractivity contribution >= 4 is 0 Å². The summed E-state index contributed by atoms with van der Waals surface area (Å²) >= 11 is 0. The molecule has 1 aromatic rings. The van der Waals surface area contributed by atoms with Gasteiger partial charge in [0, 0.05) is 5.54 Å². The Bertz CT molecular complexity index is 327. The van der Waals surface area contributed by atoms with E-state index in [9.17, 15) is 0 Å². The molecule has 0 saturated carbocycles. The van der Waals surface area contributed by atoms with Gasteiger partial charge in [-0.05, 0) is 57.3 Å². The molecule has 3 N–H and O–H groups in total. The first-order valence-corrected chi connectivity index (χ1v) is 7.10. The van der Waals surface area contributed by atoms with Gasteiger partial charge >= 0.3 is 0 Å². The summed E-state index contributed by atoms with van der Waals surface area (Å²) in [6.07, 6.45) is 4.50. The molecule has 0 aromatic heterocycles. The minimum absolute atomic E-state index is 0.150. The SMILES string of the molecule is CCCc1ccc(CCNC(C)(C)CCN)cc1. The van der Waals surface area contributed by atoms with Crippen LogP contribution in [-0.2, 0) is 12.8 Å². The first kappa shape index (κ1) is 15.2. The molecule has 102 valence electrons. The maximum Gasteiger partial charge on any atom is 0.0137 e. The lowest BCUT2D eigenvalue weighted by atomic mass is 10.00. The number of rotatable bonds is 8. The van der Waals surface area contributed by atoms with Crippen molar-refractivity contribution in [1.29, 1.82) is 0 Å². The summed E-state index contributed by atoms with van der Waals surface area (Å²) in [5.74, 6) is 0. The molecule has 0 radical (unpaired) electrons. The molecule has 18 heavy (non-hydrogen) atoms. The highest BCUT2D eigenvalue weighted by Crippen LogP contribution is 2.09. The van der Waals surface area contributed by atoms with E-state index in [4.69, 9.17) is 5.73 Å². The summed E-state index contributed by atoms with van der Waals surface area (Å²) in [6, 6.07) is 9.01. The van der Waals surface area contributed by atoms with Crippen LogP contribution in [0.3, 0.4) is 0 Å². The minimum Gasteiger partial charge on any atom is -0.330 e. The minimum atomic E-state index is 0.150. The summed E-state index contributed by atoms with van der Waals surface area (Å²) < 4.78 is 0. The molecule has 0 aliphatic heterocycles. The van der Waals surface area contributed by atoms with Crippen LogP contribution in [0, 0.1) is 0 Å². The molecule has 0 heterocycles. The lowest BCUT2D eigenvalue weighted by Crippen LogP contribution is -2.41. The summed E-state index contributed by atoms with van der Waals surface area (Å²) in [6.45, 7) is 8.40. The number of nitrogens with two attached hydrogens (primary N) is 1. The van der Waals surface area contributed by atoms with Crippen molar-refractivity contribution in [3.05, 3.63) is 35.4 Å². The fraction of sp³-hybridized carbons (Fsp3) is 0.625. The third-order valence-electron chi connectivity index (χ3n) is 3.35. The standard InChI is InChI=1S/C16H28N2/c1-4-5-14-6-8-15(9-7-14)10-13-18-16(2,3)11-12-17/h6-9,18H,4-5,10-13,17H2,1-3H3. The second-order valence-electron chi connectivity index (χ2n) is 5.67. The van der Waals surface area contributed by atoms with Gasteiger partial charge in [-0.3, -0.25) is 0 Å². The molecule has 0 aliphatic carbocycles. The van der Waals surface area contributed by atoms with E-state index >= 15 is 0 Å². The molecular weight excluding hydrogens is 220 g/mol. The van der Waals surface area contributed by atoms with Crippen LogP contribution in [0.15, 0.2) is 24.3 Å². The van der Waals surface area contributed by atoms with Gasteiger partial charge in [0.25, 0.3) is 0 Å². The van der Waals surface area contributed by atoms with Crippen molar-refractivity contribution in [3.8, 4) is 0 Å². The molecule has 0 spiro atoms. The van der Waals surface area contributed by atoms with Crippen LogP contribution in [-0.4, -0.2) is 18.6 Å². The average molecular weight is 248 g/mol. The lowest BCUT2D eigenvalue weighted by Gasteiger charge is -2.25. The molecule has 0 aliphatic rings. The molecule has 1 rings (SSSR count). The van der Waals surface area contributed by atoms with Crippen LogP contribution in [0.4, 0.5) is 0 Å². The zero-order valence-electron chi connectivity index (χ0n) is 12.1. The lowest BCUT2D eigenvalue weighted by molar-refractivity contribution is 0.370. The third-order valence-corrected chi connectivity index (χ3v) is 3.35. The molecule has 0 unspecified atom stereocenters. The Hall–Kier alpha value is -0.860. The Labute approximate surface area is 112 Å². The Morgan fingerprint density at radius 2 is 1.61 bits per heavy atom. The second kappa shape index (κ2) is 7.55. The molecule has 0 amide bonds. The molecule has 0 atom stereocenters. The first-order chi connectivity index (χ1) is 8.57. The van der Waals surface area contributed by atoms with Crippen LogP contribution >= 0.6 is 0 Å². The number of benzene rings is 1. The topological polar surface area (TPSA) is 38.0 Å². The van der Waals surface area contributed by atoms with Crippen molar-refractivity contribution in [1.82, 2.24) is 5.32 Å². The Balaban J connectivity index is 2.35. The predicted molar refractivity (Wildman–Crippen MR) is 79.9 cm³/mol. The zero-order chi connectivity index (χ0) is 13.4. The van der Waals surface area contributed by atoms with E-state index < -0.39 is 0 Å². The van der Waals surface area contributed by atoms with E-state index in [1.54, 1.807) is 0 Å². The molecule has 1 aromatic carbocycles. The molecule has 0 fully saturated rings. The largest absolute Gasteiger partial charge is 0.330 e. The van der Waals surface area contributed by atoms with Gasteiger partial charge in [-0.2, -0.15) is 0 Å². The van der Waals surface area contributed by atoms with Gasteiger partial charge in [-0.15, -0.1) is 0 Å². The number of aryl methyl sites for hydroxylation is 1. The van der Waals surface area contributed by atoms with Gasteiger partial charge in [-0.25, -0.2) is 0 Å². The van der Waals surface area contributed by atoms with Crippen molar-refractivity contribution in [2.75, 3.05) is 13.1 Å². The van der Waals surface area contributed by atoms with Gasteiger partial charge in [0.1, 0.15) is 0 Å². The van der Waals surface area contributed by atoms with Crippen LogP contribution in [0.2, 0.25) is 0 Å². The van der Waals surface area contributed by atoms with E-state index in [1.807, 2.05) is 0 Å². The predicted octanol–water partition coefficient (Wildman–Crippen LogP) is 2.90. The maximum absolute atomic E-state index is 5.60. The van der Waals surface area contributed by atoms with Gasteiger partial charge < -0.3 is 11.1 Å². The van der Waals surface area contributed by atoms with Gasteiger partial charge in [-0.1, -0.05) is 37.6 Å². The summed E-state index contributed by atoms with van der Waals surface area (Å²) in [5, 5.41) is 3.57. The van der Waals surface area contributed by atoms with Crippen molar-refractivity contribution in [2.45, 2.75) is 52.0 Å². The molecule has 2 nitrogen and oxygen atoms in total. The number of hydrogen-bond acceptors (Lipinski definition) is 2. The normalized spacial score (nSPS) is 11.8. The molecule has 0 bridgehead atoms. The summed E-state index contributed by atoms with van der Waals surface area (Å²) in [7, 11) is 0. The molecular formula is C16H28N2. The highest BCUT2D eigenvalue weighted by atomic mass is 14.9. The van der Waals surface area contributed by atoms with E-state index in [1.165, 1.54) is 24.0 Å². The monoisotopic (exact) mass is 248 g/mol. The number of nitrogens with one attached hydrogen (secondary N) is 1. The van der Waals surface area contributed by atoms with E-state index in [-0.39, 0.29) is 5.54 Å². The highest BCUT2D eigenvalue weighted by Gasteiger charge is 2.14. The van der Waals surface area contributed by atoms with Gasteiger partial charge in [0.05, 0.1) is 0 Å². The summed E-state index contributed by atoms with van der Waals surface area (Å²) in [5.41, 5.74) is 8.60. The Morgan fingerprint density at radius 3 is 2.11 bits per heavy atom. The smallest absolute Gasteiger partial charge is 0.0137 e. The highest BCUT2D eigenvalue weighted by molar-refractivity contribution is 5.22. The maximum atomic E-state index is 5.60. The number of hydrogen-bond donors (Lipinski definition) is 2. The third kappa shape index (κ3) is 5.65. The average Bonchev–Trinajstić information content (AvgIpc) is 2.31. The fourth-order valence-corrected chi connectivity index (χ4v) is 2.16. The van der Waals surface area contributed by atoms with E-state index in [0.29, 0.717) is 0 Å². The Kier molecular flexibility index (Phi) is 6.37. The van der Waals surface area contributed by atoms with Gasteiger partial charge in [0.15, 0.2) is 0 Å². The van der Waals surface area contributed by atoms with Crippen molar-refractivity contribution < 1.29 is 0 Å². The van der Waals surface area contributed by atoms with Crippen LogP contribution in [0.25, 0.3) is 0 Å². The van der Waals surface area contributed by atoms with Gasteiger partial charge in [0.2, 0.25) is 0 Å². The Morgan fingerprint density at radius 1 is 1.06 bits per heavy atom. The second-order valence-corrected chi connectivity index (χ2v) is 5.67. The molecule has 0 saturated heterocycles. The van der Waals surface area contributed by atoms with Crippen molar-refractivity contribution in [2.24, 2.45) is 5.73 Å².